The predicted octanol–water partition coefficient (Wildman–Crippen LogP) is 4.00. The Morgan fingerprint density at radius 1 is 1.10 bits per heavy atom. The number of para-hydroxylation sites is 1. The molecule has 1 N–H and O–H groups in total. The largest absolute Gasteiger partial charge is 0.336 e. The maximum absolute atomic E-state index is 12.6. The van der Waals surface area contributed by atoms with Crippen molar-refractivity contribution in [3.8, 4) is 0 Å². The molecule has 2 amide bonds. The van der Waals surface area contributed by atoms with Gasteiger partial charge < -0.3 is 10.2 Å². The fourth-order valence-electron chi connectivity index (χ4n) is 3.08. The fraction of sp³-hybridized carbons (Fsp3) is 0.304. The molecule has 0 radical (unpaired) electrons. The van der Waals surface area contributed by atoms with Gasteiger partial charge in [-0.1, -0.05) is 47.7 Å². The molecule has 0 bridgehead atoms. The SMILES string of the molecule is Cc1ccc(NC(=O)CN(C)C(=O)CSc2nc(C3CC3)nc3ccccc23)cc1. The van der Waals surface area contributed by atoms with Gasteiger partial charge in [0.25, 0.3) is 0 Å². The van der Waals surface area contributed by atoms with E-state index in [0.29, 0.717) is 5.92 Å². The first-order valence-electron chi connectivity index (χ1n) is 9.99. The minimum absolute atomic E-state index is 0.00507. The lowest BCUT2D eigenvalue weighted by Crippen LogP contribution is -2.35. The number of fused-ring (bicyclic) bond motifs is 1. The Balaban J connectivity index is 1.37. The van der Waals surface area contributed by atoms with Gasteiger partial charge in [-0.2, -0.15) is 0 Å². The lowest BCUT2D eigenvalue weighted by Gasteiger charge is -2.17. The Morgan fingerprint density at radius 2 is 1.83 bits per heavy atom. The van der Waals surface area contributed by atoms with E-state index in [4.69, 9.17) is 4.98 Å². The van der Waals surface area contributed by atoms with Crippen LogP contribution in [0.3, 0.4) is 0 Å². The number of thioether (sulfide) groups is 1. The summed E-state index contributed by atoms with van der Waals surface area (Å²) in [6.07, 6.45) is 2.25. The van der Waals surface area contributed by atoms with Crippen LogP contribution in [0.4, 0.5) is 5.69 Å². The highest BCUT2D eigenvalue weighted by atomic mass is 32.2. The molecular formula is C23H24N4O2S. The second kappa shape index (κ2) is 8.83. The van der Waals surface area contributed by atoms with E-state index < -0.39 is 0 Å². The van der Waals surface area contributed by atoms with E-state index in [1.54, 1.807) is 7.05 Å². The zero-order chi connectivity index (χ0) is 21.1. The second-order valence-corrected chi connectivity index (χ2v) is 8.60. The van der Waals surface area contributed by atoms with Crippen LogP contribution in [0.15, 0.2) is 53.6 Å². The van der Waals surface area contributed by atoms with Gasteiger partial charge in [0.15, 0.2) is 0 Å². The number of hydrogen-bond acceptors (Lipinski definition) is 5. The van der Waals surface area contributed by atoms with Gasteiger partial charge >= 0.3 is 0 Å². The van der Waals surface area contributed by atoms with Crippen molar-refractivity contribution in [2.24, 2.45) is 0 Å². The Hall–Kier alpha value is -2.93. The average molecular weight is 421 g/mol. The van der Waals surface area contributed by atoms with E-state index in [1.807, 2.05) is 55.5 Å². The second-order valence-electron chi connectivity index (χ2n) is 7.63. The van der Waals surface area contributed by atoms with Crippen molar-refractivity contribution < 1.29 is 9.59 Å². The van der Waals surface area contributed by atoms with Gasteiger partial charge in [-0.05, 0) is 38.0 Å². The highest BCUT2D eigenvalue weighted by Gasteiger charge is 2.27. The molecule has 1 aliphatic carbocycles. The normalized spacial score (nSPS) is 13.3. The van der Waals surface area contributed by atoms with Crippen LogP contribution in [-0.4, -0.2) is 46.0 Å². The molecule has 3 aromatic rings. The highest BCUT2D eigenvalue weighted by molar-refractivity contribution is 8.00. The maximum Gasteiger partial charge on any atom is 0.243 e. The number of aromatic nitrogens is 2. The topological polar surface area (TPSA) is 75.2 Å². The number of nitrogens with one attached hydrogen (secondary N) is 1. The molecule has 0 saturated heterocycles. The lowest BCUT2D eigenvalue weighted by atomic mass is 10.2. The summed E-state index contributed by atoms with van der Waals surface area (Å²) in [4.78, 5) is 35.7. The van der Waals surface area contributed by atoms with Crippen LogP contribution < -0.4 is 5.32 Å². The minimum atomic E-state index is -0.219. The molecule has 7 heteroatoms. The molecule has 1 heterocycles. The number of anilines is 1. The molecule has 1 saturated carbocycles. The van der Waals surface area contributed by atoms with E-state index in [-0.39, 0.29) is 24.1 Å². The molecule has 1 aliphatic rings. The van der Waals surface area contributed by atoms with Crippen LogP contribution >= 0.6 is 11.8 Å². The quantitative estimate of drug-likeness (QED) is 0.462. The summed E-state index contributed by atoms with van der Waals surface area (Å²) >= 11 is 1.40. The zero-order valence-corrected chi connectivity index (χ0v) is 17.9. The van der Waals surface area contributed by atoms with E-state index >= 15 is 0 Å². The molecule has 2 aromatic carbocycles. The minimum Gasteiger partial charge on any atom is -0.336 e. The van der Waals surface area contributed by atoms with Gasteiger partial charge in [0.1, 0.15) is 10.9 Å². The molecular weight excluding hydrogens is 396 g/mol. The molecule has 0 unspecified atom stereocenters. The van der Waals surface area contributed by atoms with Crippen LogP contribution in [0.2, 0.25) is 0 Å². The average Bonchev–Trinajstić information content (AvgIpc) is 3.58. The summed E-state index contributed by atoms with van der Waals surface area (Å²) in [6.45, 7) is 2.00. The summed E-state index contributed by atoms with van der Waals surface area (Å²) in [5.74, 6) is 1.20. The monoisotopic (exact) mass is 420 g/mol. The number of likely N-dealkylation sites (N-methyl/N-ethyl adjacent to an activating group) is 1. The third-order valence-electron chi connectivity index (χ3n) is 5.00. The highest BCUT2D eigenvalue weighted by Crippen LogP contribution is 2.39. The first kappa shape index (κ1) is 20.3. The van der Waals surface area contributed by atoms with Crippen molar-refractivity contribution in [2.75, 3.05) is 24.7 Å². The molecule has 30 heavy (non-hydrogen) atoms. The number of benzene rings is 2. The van der Waals surface area contributed by atoms with Crippen LogP contribution in [0.25, 0.3) is 10.9 Å². The molecule has 6 nitrogen and oxygen atoms in total. The number of carbonyl (C=O) groups is 2. The maximum atomic E-state index is 12.6. The van der Waals surface area contributed by atoms with Crippen molar-refractivity contribution >= 4 is 40.2 Å². The van der Waals surface area contributed by atoms with Gasteiger partial charge in [-0.25, -0.2) is 9.97 Å². The van der Waals surface area contributed by atoms with E-state index in [0.717, 1.165) is 45.8 Å². The van der Waals surface area contributed by atoms with E-state index in [1.165, 1.54) is 16.7 Å². The van der Waals surface area contributed by atoms with Crippen LogP contribution in [-0.2, 0) is 9.59 Å². The summed E-state index contributed by atoms with van der Waals surface area (Å²) < 4.78 is 0. The molecule has 0 spiro atoms. The van der Waals surface area contributed by atoms with Gasteiger partial charge in [-0.3, -0.25) is 9.59 Å². The standard InChI is InChI=1S/C23H24N4O2S/c1-15-7-11-17(12-8-15)24-20(28)13-27(2)21(29)14-30-23-18-5-3-4-6-19(18)25-22(26-23)16-9-10-16/h3-8,11-12,16H,9-10,13-14H2,1-2H3,(H,24,28). The van der Waals surface area contributed by atoms with Gasteiger partial charge in [0.05, 0.1) is 17.8 Å². The summed E-state index contributed by atoms with van der Waals surface area (Å²) in [6, 6.07) is 15.5. The first-order valence-corrected chi connectivity index (χ1v) is 11.0. The molecule has 1 fully saturated rings. The lowest BCUT2D eigenvalue weighted by molar-refractivity contribution is -0.131. The molecule has 1 aromatic heterocycles. The number of aryl methyl sites for hydroxylation is 1. The van der Waals surface area contributed by atoms with Crippen molar-refractivity contribution in [3.63, 3.8) is 0 Å². The van der Waals surface area contributed by atoms with Crippen molar-refractivity contribution in [1.29, 1.82) is 0 Å². The Labute approximate surface area is 180 Å². The van der Waals surface area contributed by atoms with Gasteiger partial charge in [0, 0.05) is 24.0 Å². The van der Waals surface area contributed by atoms with Crippen molar-refractivity contribution in [2.45, 2.75) is 30.7 Å². The van der Waals surface area contributed by atoms with Gasteiger partial charge in [0.2, 0.25) is 11.8 Å². The third kappa shape index (κ3) is 4.97. The fourth-order valence-corrected chi connectivity index (χ4v) is 4.05. The number of carbonyl (C=O) groups excluding carboxylic acids is 2. The Morgan fingerprint density at radius 3 is 2.57 bits per heavy atom. The number of nitrogens with zero attached hydrogens (tertiary/aromatic N) is 3. The van der Waals surface area contributed by atoms with E-state index in [2.05, 4.69) is 10.3 Å². The molecule has 154 valence electrons. The van der Waals surface area contributed by atoms with E-state index in [9.17, 15) is 9.59 Å². The number of hydrogen-bond donors (Lipinski definition) is 1. The molecule has 0 atom stereocenters. The predicted molar refractivity (Wildman–Crippen MR) is 120 cm³/mol. The van der Waals surface area contributed by atoms with Gasteiger partial charge in [-0.15, -0.1) is 0 Å². The van der Waals surface area contributed by atoms with Crippen LogP contribution in [0, 0.1) is 6.92 Å². The number of amides is 2. The molecule has 4 rings (SSSR count). The van der Waals surface area contributed by atoms with Crippen molar-refractivity contribution in [1.82, 2.24) is 14.9 Å². The Kier molecular flexibility index (Phi) is 5.99. The summed E-state index contributed by atoms with van der Waals surface area (Å²) in [5.41, 5.74) is 2.76. The number of rotatable bonds is 7. The Bertz CT molecular complexity index is 1080. The van der Waals surface area contributed by atoms with Crippen LogP contribution in [0.5, 0.6) is 0 Å². The molecule has 0 aliphatic heterocycles. The third-order valence-corrected chi connectivity index (χ3v) is 5.98. The van der Waals surface area contributed by atoms with Crippen LogP contribution in [0.1, 0.15) is 30.1 Å². The van der Waals surface area contributed by atoms with Crippen molar-refractivity contribution in [3.05, 3.63) is 59.9 Å². The first-order chi connectivity index (χ1) is 14.5. The zero-order valence-electron chi connectivity index (χ0n) is 17.1. The summed E-state index contributed by atoms with van der Waals surface area (Å²) in [7, 11) is 1.64. The smallest absolute Gasteiger partial charge is 0.243 e. The summed E-state index contributed by atoms with van der Waals surface area (Å²) in [5, 5.41) is 4.60.